The lowest BCUT2D eigenvalue weighted by molar-refractivity contribution is -0.149. The molecule has 26 heavy (non-hydrogen) atoms. The van der Waals surface area contributed by atoms with Crippen LogP contribution in [0.4, 0.5) is 5.69 Å². The quantitative estimate of drug-likeness (QED) is 0.864. The van der Waals surface area contributed by atoms with Crippen molar-refractivity contribution in [2.75, 3.05) is 12.4 Å². The van der Waals surface area contributed by atoms with E-state index in [9.17, 15) is 19.5 Å². The number of nitrogens with one attached hydrogen (secondary N) is 1. The van der Waals surface area contributed by atoms with Crippen molar-refractivity contribution >= 4 is 23.5 Å². The van der Waals surface area contributed by atoms with Crippen molar-refractivity contribution in [3.63, 3.8) is 0 Å². The summed E-state index contributed by atoms with van der Waals surface area (Å²) in [6.07, 6.45) is 0.219. The normalized spacial score (nSPS) is 17.0. The molecule has 0 aromatic heterocycles. The smallest absolute Gasteiger partial charge is 0.326 e. The Morgan fingerprint density at radius 3 is 2.50 bits per heavy atom. The van der Waals surface area contributed by atoms with Gasteiger partial charge >= 0.3 is 5.97 Å². The number of hydrogen-bond donors (Lipinski definition) is 2. The van der Waals surface area contributed by atoms with Crippen LogP contribution < -0.4 is 5.32 Å². The van der Waals surface area contributed by atoms with Crippen molar-refractivity contribution < 1.29 is 19.5 Å². The van der Waals surface area contributed by atoms with E-state index in [0.717, 1.165) is 5.56 Å². The van der Waals surface area contributed by atoms with Crippen molar-refractivity contribution in [1.29, 1.82) is 0 Å². The van der Waals surface area contributed by atoms with Crippen LogP contribution in [-0.2, 0) is 20.8 Å². The second-order valence-electron chi connectivity index (χ2n) is 6.39. The Morgan fingerprint density at radius 2 is 1.81 bits per heavy atom. The molecule has 2 aromatic rings. The monoisotopic (exact) mass is 352 g/mol. The number of aliphatic carboxylic acids is 1. The molecule has 0 saturated carbocycles. The van der Waals surface area contributed by atoms with E-state index >= 15 is 0 Å². The van der Waals surface area contributed by atoms with Gasteiger partial charge < -0.3 is 15.3 Å². The molecule has 134 valence electrons. The van der Waals surface area contributed by atoms with Crippen molar-refractivity contribution in [2.24, 2.45) is 0 Å². The molecule has 0 spiro atoms. The van der Waals surface area contributed by atoms with Gasteiger partial charge in [0.05, 0.1) is 5.92 Å². The summed E-state index contributed by atoms with van der Waals surface area (Å²) in [7, 11) is 1.49. The summed E-state index contributed by atoms with van der Waals surface area (Å²) < 4.78 is 0. The zero-order valence-corrected chi connectivity index (χ0v) is 14.4. The summed E-state index contributed by atoms with van der Waals surface area (Å²) in [6, 6.07) is 15.3. The number of carbonyl (C=O) groups excluding carboxylic acids is 2. The van der Waals surface area contributed by atoms with E-state index in [-0.39, 0.29) is 24.7 Å². The number of hydrogen-bond acceptors (Lipinski definition) is 3. The number of carboxylic acids is 1. The number of fused-ring (bicyclic) bond motifs is 1. The highest BCUT2D eigenvalue weighted by molar-refractivity contribution is 6.01. The molecule has 2 unspecified atom stereocenters. The molecule has 6 heteroatoms. The van der Waals surface area contributed by atoms with Crippen molar-refractivity contribution in [1.82, 2.24) is 4.90 Å². The van der Waals surface area contributed by atoms with Crippen LogP contribution in [0.1, 0.15) is 23.5 Å². The van der Waals surface area contributed by atoms with Gasteiger partial charge in [-0.3, -0.25) is 9.59 Å². The average molecular weight is 352 g/mol. The lowest BCUT2D eigenvalue weighted by Gasteiger charge is -2.31. The van der Waals surface area contributed by atoms with Gasteiger partial charge in [0.1, 0.15) is 6.04 Å². The van der Waals surface area contributed by atoms with Gasteiger partial charge in [-0.05, 0) is 17.2 Å². The first-order valence-electron chi connectivity index (χ1n) is 8.39. The Hall–Kier alpha value is -3.15. The maximum Gasteiger partial charge on any atom is 0.326 e. The summed E-state index contributed by atoms with van der Waals surface area (Å²) in [5.74, 6) is -2.36. The fourth-order valence-electron chi connectivity index (χ4n) is 3.26. The predicted octanol–water partition coefficient (Wildman–Crippen LogP) is 2.27. The van der Waals surface area contributed by atoms with Crippen LogP contribution in [0.25, 0.3) is 0 Å². The Morgan fingerprint density at radius 1 is 1.15 bits per heavy atom. The second-order valence-corrected chi connectivity index (χ2v) is 6.39. The third-order valence-electron chi connectivity index (χ3n) is 4.67. The number of likely N-dealkylation sites (N-methyl/N-ethyl adjacent to an activating group) is 1. The van der Waals surface area contributed by atoms with Crippen LogP contribution in [0.5, 0.6) is 0 Å². The number of carboxylic acid groups (broad SMARTS) is 1. The Balaban J connectivity index is 1.85. The highest BCUT2D eigenvalue weighted by Gasteiger charge is 2.36. The highest BCUT2D eigenvalue weighted by atomic mass is 16.4. The minimum atomic E-state index is -1.07. The van der Waals surface area contributed by atoms with Gasteiger partial charge in [0, 0.05) is 25.6 Å². The number of anilines is 1. The summed E-state index contributed by atoms with van der Waals surface area (Å²) in [5.41, 5.74) is 2.15. The van der Waals surface area contributed by atoms with Gasteiger partial charge in [-0.15, -0.1) is 0 Å². The topological polar surface area (TPSA) is 86.7 Å². The number of nitrogens with zero attached hydrogens (tertiary/aromatic N) is 1. The molecular weight excluding hydrogens is 332 g/mol. The van der Waals surface area contributed by atoms with Crippen molar-refractivity contribution in [3.05, 3.63) is 65.7 Å². The first-order chi connectivity index (χ1) is 12.5. The molecular formula is C20H20N2O4. The van der Waals surface area contributed by atoms with E-state index in [1.165, 1.54) is 11.9 Å². The molecule has 0 bridgehead atoms. The van der Waals surface area contributed by atoms with Crippen LogP contribution in [0.3, 0.4) is 0 Å². The van der Waals surface area contributed by atoms with Gasteiger partial charge in [-0.1, -0.05) is 48.5 Å². The number of amides is 2. The van der Waals surface area contributed by atoms with Crippen molar-refractivity contribution in [3.8, 4) is 0 Å². The average Bonchev–Trinajstić information content (AvgIpc) is 2.65. The van der Waals surface area contributed by atoms with Crippen LogP contribution in [0, 0.1) is 0 Å². The number of para-hydroxylation sites is 1. The van der Waals surface area contributed by atoms with Gasteiger partial charge in [0.2, 0.25) is 11.8 Å². The second kappa shape index (κ2) is 7.39. The standard InChI is InChI=1S/C20H20N2O4/c1-22(17(20(25)26)11-13-7-3-2-4-8-13)19(24)15-12-18(23)21-16-10-6-5-9-14(15)16/h2-10,15,17H,11-12H2,1H3,(H,21,23)(H,25,26). The van der Waals surface area contributed by atoms with Crippen LogP contribution >= 0.6 is 0 Å². The molecule has 2 amide bonds. The Bertz CT molecular complexity index is 835. The molecule has 6 nitrogen and oxygen atoms in total. The van der Waals surface area contributed by atoms with E-state index in [0.29, 0.717) is 11.3 Å². The minimum absolute atomic E-state index is 0.0118. The Labute approximate surface area is 151 Å². The molecule has 0 aliphatic carbocycles. The van der Waals surface area contributed by atoms with Gasteiger partial charge in [-0.2, -0.15) is 0 Å². The lowest BCUT2D eigenvalue weighted by atomic mass is 9.89. The number of carbonyl (C=O) groups is 3. The van der Waals surface area contributed by atoms with Gasteiger partial charge in [0.25, 0.3) is 0 Å². The van der Waals surface area contributed by atoms with E-state index in [4.69, 9.17) is 0 Å². The first kappa shape index (κ1) is 17.7. The molecule has 1 heterocycles. The fraction of sp³-hybridized carbons (Fsp3) is 0.250. The van der Waals surface area contributed by atoms with E-state index in [1.807, 2.05) is 30.3 Å². The minimum Gasteiger partial charge on any atom is -0.480 e. The highest BCUT2D eigenvalue weighted by Crippen LogP contribution is 2.33. The van der Waals surface area contributed by atoms with Crippen LogP contribution in [-0.4, -0.2) is 40.9 Å². The zero-order chi connectivity index (χ0) is 18.7. The molecule has 3 rings (SSSR count). The number of benzene rings is 2. The molecule has 1 aliphatic heterocycles. The van der Waals surface area contributed by atoms with E-state index < -0.39 is 17.9 Å². The molecule has 2 N–H and O–H groups in total. The SMILES string of the molecule is CN(C(=O)C1CC(=O)Nc2ccccc21)C(Cc1ccccc1)C(=O)O. The number of rotatable bonds is 5. The van der Waals surface area contributed by atoms with Gasteiger partial charge in [-0.25, -0.2) is 4.79 Å². The summed E-state index contributed by atoms with van der Waals surface area (Å²) >= 11 is 0. The van der Waals surface area contributed by atoms with E-state index in [1.54, 1.807) is 24.3 Å². The van der Waals surface area contributed by atoms with Crippen LogP contribution in [0.2, 0.25) is 0 Å². The summed E-state index contributed by atoms with van der Waals surface area (Å²) in [5, 5.41) is 12.4. The molecule has 0 saturated heterocycles. The molecule has 0 radical (unpaired) electrons. The molecule has 2 aromatic carbocycles. The third kappa shape index (κ3) is 3.59. The Kier molecular flexibility index (Phi) is 5.02. The maximum absolute atomic E-state index is 13.0. The molecule has 0 fully saturated rings. The van der Waals surface area contributed by atoms with Crippen molar-refractivity contribution in [2.45, 2.75) is 24.8 Å². The predicted molar refractivity (Wildman–Crippen MR) is 96.8 cm³/mol. The maximum atomic E-state index is 13.0. The van der Waals surface area contributed by atoms with Gasteiger partial charge in [0.15, 0.2) is 0 Å². The first-order valence-corrected chi connectivity index (χ1v) is 8.39. The van der Waals surface area contributed by atoms with Crippen LogP contribution in [0.15, 0.2) is 54.6 Å². The van der Waals surface area contributed by atoms with E-state index in [2.05, 4.69) is 5.32 Å². The largest absolute Gasteiger partial charge is 0.480 e. The lowest BCUT2D eigenvalue weighted by Crippen LogP contribution is -2.47. The molecule has 1 aliphatic rings. The molecule has 2 atom stereocenters. The zero-order valence-electron chi connectivity index (χ0n) is 14.4. The summed E-state index contributed by atoms with van der Waals surface area (Å²) in [4.78, 5) is 38.0. The summed E-state index contributed by atoms with van der Waals surface area (Å²) in [6.45, 7) is 0. The third-order valence-corrected chi connectivity index (χ3v) is 4.67. The fourth-order valence-corrected chi connectivity index (χ4v) is 3.26.